The van der Waals surface area contributed by atoms with Crippen molar-refractivity contribution in [1.82, 2.24) is 9.80 Å². The molecule has 0 bridgehead atoms. The van der Waals surface area contributed by atoms with Gasteiger partial charge < -0.3 is 24.7 Å². The molecule has 2 fully saturated rings. The minimum Gasteiger partial charge on any atom is -0.480 e. The second-order valence-corrected chi connectivity index (χ2v) is 5.10. The smallest absolute Gasteiger partial charge is 0.326 e. The molecule has 2 aliphatic rings. The number of carboxylic acids is 1. The van der Waals surface area contributed by atoms with Crippen LogP contribution in [-0.4, -0.2) is 77.0 Å². The molecule has 0 saturated carbocycles. The van der Waals surface area contributed by atoms with Crippen molar-refractivity contribution < 1.29 is 24.5 Å². The lowest BCUT2D eigenvalue weighted by Crippen LogP contribution is -2.51. The Bertz CT molecular complexity index is 354. The van der Waals surface area contributed by atoms with Gasteiger partial charge in [-0.2, -0.15) is 0 Å². The standard InChI is InChI=1S/C12H20N2O5/c1-19-9-2-4-13(5-3-9)12(18)14-7-8(15)6-10(14)11(16)17/h8-10,15H,2-7H2,1H3,(H,16,17). The number of aliphatic hydroxyl groups is 1. The number of likely N-dealkylation sites (tertiary alicyclic amines) is 2. The fourth-order valence-electron chi connectivity index (χ4n) is 2.72. The van der Waals surface area contributed by atoms with Gasteiger partial charge in [0.2, 0.25) is 0 Å². The van der Waals surface area contributed by atoms with E-state index in [4.69, 9.17) is 9.84 Å². The third kappa shape index (κ3) is 2.98. The number of methoxy groups -OCH3 is 1. The average Bonchev–Trinajstić information content (AvgIpc) is 2.80. The van der Waals surface area contributed by atoms with E-state index in [0.29, 0.717) is 13.1 Å². The predicted molar refractivity (Wildman–Crippen MR) is 65.8 cm³/mol. The topological polar surface area (TPSA) is 90.3 Å². The molecule has 0 aromatic rings. The quantitative estimate of drug-likeness (QED) is 0.722. The van der Waals surface area contributed by atoms with Gasteiger partial charge in [-0.1, -0.05) is 0 Å². The molecule has 0 aromatic carbocycles. The van der Waals surface area contributed by atoms with Crippen LogP contribution in [0.2, 0.25) is 0 Å². The number of carboxylic acid groups (broad SMARTS) is 1. The number of aliphatic hydroxyl groups excluding tert-OH is 1. The van der Waals surface area contributed by atoms with Crippen molar-refractivity contribution in [1.29, 1.82) is 0 Å². The maximum Gasteiger partial charge on any atom is 0.326 e. The first-order valence-corrected chi connectivity index (χ1v) is 6.52. The Morgan fingerprint density at radius 2 is 1.89 bits per heavy atom. The Balaban J connectivity index is 1.97. The van der Waals surface area contributed by atoms with Crippen LogP contribution in [0.25, 0.3) is 0 Å². The van der Waals surface area contributed by atoms with Crippen LogP contribution in [0, 0.1) is 0 Å². The number of urea groups is 1. The number of piperidine rings is 1. The van der Waals surface area contributed by atoms with Gasteiger partial charge in [0.05, 0.1) is 12.2 Å². The van der Waals surface area contributed by atoms with Gasteiger partial charge in [0.1, 0.15) is 6.04 Å². The van der Waals surface area contributed by atoms with Gasteiger partial charge in [-0.05, 0) is 12.8 Å². The van der Waals surface area contributed by atoms with Crippen molar-refractivity contribution in [2.75, 3.05) is 26.7 Å². The number of rotatable bonds is 2. The van der Waals surface area contributed by atoms with Gasteiger partial charge in [0.15, 0.2) is 0 Å². The van der Waals surface area contributed by atoms with E-state index in [1.165, 1.54) is 4.90 Å². The minimum atomic E-state index is -1.06. The molecule has 2 saturated heterocycles. The molecule has 7 nitrogen and oxygen atoms in total. The summed E-state index contributed by atoms with van der Waals surface area (Å²) >= 11 is 0. The van der Waals surface area contributed by atoms with Crippen LogP contribution in [0.4, 0.5) is 4.79 Å². The third-order valence-corrected chi connectivity index (χ3v) is 3.86. The Hall–Kier alpha value is -1.34. The van der Waals surface area contributed by atoms with Crippen LogP contribution in [0.5, 0.6) is 0 Å². The van der Waals surface area contributed by atoms with E-state index < -0.39 is 18.1 Å². The van der Waals surface area contributed by atoms with Crippen molar-refractivity contribution in [3.63, 3.8) is 0 Å². The molecule has 2 rings (SSSR count). The highest BCUT2D eigenvalue weighted by Gasteiger charge is 2.41. The summed E-state index contributed by atoms with van der Waals surface area (Å²) in [4.78, 5) is 26.3. The molecule has 2 heterocycles. The number of hydrogen-bond acceptors (Lipinski definition) is 4. The number of hydrogen-bond donors (Lipinski definition) is 2. The molecule has 0 spiro atoms. The maximum absolute atomic E-state index is 12.3. The summed E-state index contributed by atoms with van der Waals surface area (Å²) in [6.07, 6.45) is 1.05. The van der Waals surface area contributed by atoms with Crippen molar-refractivity contribution in [2.45, 2.75) is 37.5 Å². The Morgan fingerprint density at radius 3 is 2.42 bits per heavy atom. The van der Waals surface area contributed by atoms with Crippen LogP contribution in [0.15, 0.2) is 0 Å². The molecule has 0 aromatic heterocycles. The monoisotopic (exact) mass is 272 g/mol. The number of ether oxygens (including phenoxy) is 1. The molecule has 0 aliphatic carbocycles. The number of carbonyl (C=O) groups excluding carboxylic acids is 1. The Morgan fingerprint density at radius 1 is 1.26 bits per heavy atom. The van der Waals surface area contributed by atoms with Crippen molar-refractivity contribution in [2.24, 2.45) is 0 Å². The zero-order valence-corrected chi connectivity index (χ0v) is 11.0. The molecular formula is C12H20N2O5. The largest absolute Gasteiger partial charge is 0.480 e. The van der Waals surface area contributed by atoms with E-state index in [2.05, 4.69) is 0 Å². The first-order valence-electron chi connectivity index (χ1n) is 6.52. The van der Waals surface area contributed by atoms with Gasteiger partial charge in [-0.25, -0.2) is 9.59 Å². The molecule has 2 N–H and O–H groups in total. The summed E-state index contributed by atoms with van der Waals surface area (Å²) in [6.45, 7) is 1.23. The maximum atomic E-state index is 12.3. The minimum absolute atomic E-state index is 0.0972. The zero-order chi connectivity index (χ0) is 14.0. The number of carbonyl (C=O) groups is 2. The third-order valence-electron chi connectivity index (χ3n) is 3.86. The lowest BCUT2D eigenvalue weighted by Gasteiger charge is -2.35. The summed E-state index contributed by atoms with van der Waals surface area (Å²) < 4.78 is 5.24. The molecule has 2 aliphatic heterocycles. The van der Waals surface area contributed by atoms with Crippen LogP contribution in [0.1, 0.15) is 19.3 Å². The van der Waals surface area contributed by atoms with Gasteiger partial charge in [0.25, 0.3) is 0 Å². The summed E-state index contributed by atoms with van der Waals surface area (Å²) in [6, 6.07) is -1.21. The van der Waals surface area contributed by atoms with Crippen molar-refractivity contribution in [3.05, 3.63) is 0 Å². The molecule has 0 radical (unpaired) electrons. The van der Waals surface area contributed by atoms with E-state index >= 15 is 0 Å². The summed E-state index contributed by atoms with van der Waals surface area (Å²) in [5.74, 6) is -1.06. The highest BCUT2D eigenvalue weighted by Crippen LogP contribution is 2.22. The van der Waals surface area contributed by atoms with Crippen LogP contribution in [0.3, 0.4) is 0 Å². The molecule has 2 unspecified atom stereocenters. The summed E-state index contributed by atoms with van der Waals surface area (Å²) in [5.41, 5.74) is 0. The lowest BCUT2D eigenvalue weighted by atomic mass is 10.1. The zero-order valence-electron chi connectivity index (χ0n) is 11.0. The Kier molecular flexibility index (Phi) is 4.26. The van der Waals surface area contributed by atoms with E-state index in [0.717, 1.165) is 12.8 Å². The van der Waals surface area contributed by atoms with E-state index in [1.807, 2.05) is 0 Å². The Labute approximate surface area is 111 Å². The highest BCUT2D eigenvalue weighted by atomic mass is 16.5. The van der Waals surface area contributed by atoms with Gasteiger partial charge in [-0.15, -0.1) is 0 Å². The van der Waals surface area contributed by atoms with Crippen LogP contribution < -0.4 is 0 Å². The summed E-state index contributed by atoms with van der Waals surface area (Å²) in [7, 11) is 1.65. The van der Waals surface area contributed by atoms with E-state index in [-0.39, 0.29) is 25.1 Å². The molecule has 2 atom stereocenters. The molecule has 7 heteroatoms. The molecular weight excluding hydrogens is 252 g/mol. The number of amides is 2. The fourth-order valence-corrected chi connectivity index (χ4v) is 2.72. The number of aliphatic carboxylic acids is 1. The average molecular weight is 272 g/mol. The summed E-state index contributed by atoms with van der Waals surface area (Å²) in [5, 5.41) is 18.6. The lowest BCUT2D eigenvalue weighted by molar-refractivity contribution is -0.141. The second-order valence-electron chi connectivity index (χ2n) is 5.10. The molecule has 108 valence electrons. The van der Waals surface area contributed by atoms with Crippen molar-refractivity contribution in [3.8, 4) is 0 Å². The highest BCUT2D eigenvalue weighted by molar-refractivity contribution is 5.83. The van der Waals surface area contributed by atoms with Crippen molar-refractivity contribution >= 4 is 12.0 Å². The van der Waals surface area contributed by atoms with Gasteiger partial charge in [0, 0.05) is 33.2 Å². The van der Waals surface area contributed by atoms with Crippen LogP contribution >= 0.6 is 0 Å². The normalized spacial score (nSPS) is 28.7. The second kappa shape index (κ2) is 5.75. The first kappa shape index (κ1) is 14.1. The number of β-amino-alcohol motifs (C(OH)–C–C–N with tert-alkyl or cyclic N) is 1. The first-order chi connectivity index (χ1) is 9.02. The number of nitrogens with zero attached hydrogens (tertiary/aromatic N) is 2. The van der Waals surface area contributed by atoms with E-state index in [9.17, 15) is 14.7 Å². The van der Waals surface area contributed by atoms with Crippen LogP contribution in [-0.2, 0) is 9.53 Å². The molecule has 19 heavy (non-hydrogen) atoms. The fraction of sp³-hybridized carbons (Fsp3) is 0.833. The molecule has 2 amide bonds. The predicted octanol–water partition coefficient (Wildman–Crippen LogP) is -0.263. The van der Waals surface area contributed by atoms with E-state index in [1.54, 1.807) is 12.0 Å². The van der Waals surface area contributed by atoms with Gasteiger partial charge in [-0.3, -0.25) is 0 Å². The van der Waals surface area contributed by atoms with Gasteiger partial charge >= 0.3 is 12.0 Å². The SMILES string of the molecule is COC1CCN(C(=O)N2CC(O)CC2C(=O)O)CC1.